The molecule has 1 saturated heterocycles. The topological polar surface area (TPSA) is 38.1 Å². The van der Waals surface area contributed by atoms with E-state index in [1.807, 2.05) is 24.3 Å². The zero-order valence-electron chi connectivity index (χ0n) is 13.9. The summed E-state index contributed by atoms with van der Waals surface area (Å²) in [5.41, 5.74) is 3.11. The molecule has 0 N–H and O–H groups in total. The molecule has 1 aliphatic rings. The van der Waals surface area contributed by atoms with Gasteiger partial charge in [0.15, 0.2) is 5.82 Å². The molecule has 0 amide bonds. The molecule has 0 bridgehead atoms. The van der Waals surface area contributed by atoms with Crippen LogP contribution < -0.4 is 4.90 Å². The molecule has 0 atom stereocenters. The predicted molar refractivity (Wildman–Crippen MR) is 99.0 cm³/mol. The first-order valence-electron chi connectivity index (χ1n) is 8.30. The van der Waals surface area contributed by atoms with E-state index in [4.69, 9.17) is 0 Å². The van der Waals surface area contributed by atoms with Crippen LogP contribution in [0.5, 0.6) is 0 Å². The molecule has 0 spiro atoms. The zero-order chi connectivity index (χ0) is 18.1. The molecule has 134 valence electrons. The van der Waals surface area contributed by atoms with Crippen LogP contribution in [0.15, 0.2) is 54.9 Å². The van der Waals surface area contributed by atoms with Gasteiger partial charge < -0.3 is 4.90 Å². The van der Waals surface area contributed by atoms with Gasteiger partial charge in [-0.1, -0.05) is 12.1 Å². The molecule has 3 aromatic rings. The second-order valence-electron chi connectivity index (χ2n) is 6.15. The van der Waals surface area contributed by atoms with Crippen molar-refractivity contribution in [2.24, 2.45) is 0 Å². The fourth-order valence-electron chi connectivity index (χ4n) is 3.03. The van der Waals surface area contributed by atoms with Crippen LogP contribution in [0.3, 0.4) is 0 Å². The fraction of sp³-hybridized carbons (Fsp3) is 0.211. The fourth-order valence-corrected chi connectivity index (χ4v) is 4.08. The lowest BCUT2D eigenvalue weighted by atomic mass is 10.1. The van der Waals surface area contributed by atoms with Crippen molar-refractivity contribution in [1.82, 2.24) is 9.78 Å². The summed E-state index contributed by atoms with van der Waals surface area (Å²) in [5, 5.41) is 4.18. The minimum atomic E-state index is -0.695. The van der Waals surface area contributed by atoms with Crippen molar-refractivity contribution >= 4 is 16.5 Å². The van der Waals surface area contributed by atoms with E-state index < -0.39 is 22.4 Å². The molecule has 0 radical (unpaired) electrons. The predicted octanol–water partition coefficient (Wildman–Crippen LogP) is 3.39. The average molecular weight is 373 g/mol. The average Bonchev–Trinajstić information content (AvgIpc) is 3.12. The molecule has 4 nitrogen and oxygen atoms in total. The molecule has 7 heteroatoms. The van der Waals surface area contributed by atoms with Gasteiger partial charge in [-0.15, -0.1) is 0 Å². The maximum Gasteiger partial charge on any atom is 0.151 e. The maximum atomic E-state index is 13.9. The molecule has 0 unspecified atom stereocenters. The number of benzene rings is 2. The van der Waals surface area contributed by atoms with Gasteiger partial charge in [0.2, 0.25) is 0 Å². The summed E-state index contributed by atoms with van der Waals surface area (Å²) in [6.07, 6.45) is 3.37. The summed E-state index contributed by atoms with van der Waals surface area (Å²) in [4.78, 5) is 2.22. The van der Waals surface area contributed by atoms with Crippen LogP contribution in [0.25, 0.3) is 16.8 Å². The molecule has 1 fully saturated rings. The normalized spacial score (nSPS) is 15.4. The Kier molecular flexibility index (Phi) is 4.55. The maximum absolute atomic E-state index is 13.9. The van der Waals surface area contributed by atoms with Crippen molar-refractivity contribution in [1.29, 1.82) is 0 Å². The standard InChI is InChI=1S/C19H17F2N3OS/c20-16-3-6-19(18(21)11-16)24-13-15(12-22-24)14-1-4-17(5-2-14)23-7-9-26(25)10-8-23/h1-6,11-13H,7-10H2. The second-order valence-corrected chi connectivity index (χ2v) is 7.85. The first-order valence-corrected chi connectivity index (χ1v) is 9.79. The van der Waals surface area contributed by atoms with Gasteiger partial charge in [-0.25, -0.2) is 13.5 Å². The van der Waals surface area contributed by atoms with E-state index >= 15 is 0 Å². The molecular formula is C19H17F2N3OS. The van der Waals surface area contributed by atoms with Crippen LogP contribution >= 0.6 is 0 Å². The number of aromatic nitrogens is 2. The zero-order valence-corrected chi connectivity index (χ0v) is 14.8. The van der Waals surface area contributed by atoms with E-state index in [0.717, 1.165) is 36.0 Å². The molecule has 1 aromatic heterocycles. The quantitative estimate of drug-likeness (QED) is 0.706. The summed E-state index contributed by atoms with van der Waals surface area (Å²) >= 11 is 0. The Balaban J connectivity index is 1.55. The van der Waals surface area contributed by atoms with Crippen LogP contribution in [0.2, 0.25) is 0 Å². The van der Waals surface area contributed by atoms with Crippen molar-refractivity contribution in [2.45, 2.75) is 0 Å². The van der Waals surface area contributed by atoms with E-state index in [9.17, 15) is 13.0 Å². The monoisotopic (exact) mass is 373 g/mol. The van der Waals surface area contributed by atoms with Gasteiger partial charge in [-0.3, -0.25) is 4.21 Å². The summed E-state index contributed by atoms with van der Waals surface area (Å²) < 4.78 is 39.8. The second kappa shape index (κ2) is 6.99. The van der Waals surface area contributed by atoms with Crippen LogP contribution in [0, 0.1) is 11.6 Å². The van der Waals surface area contributed by atoms with Crippen molar-refractivity contribution < 1.29 is 13.0 Å². The van der Waals surface area contributed by atoms with E-state index in [2.05, 4.69) is 10.00 Å². The highest BCUT2D eigenvalue weighted by Gasteiger charge is 2.15. The number of anilines is 1. The Morgan fingerprint density at radius 3 is 2.38 bits per heavy atom. The third-order valence-electron chi connectivity index (χ3n) is 4.48. The number of nitrogens with zero attached hydrogens (tertiary/aromatic N) is 3. The Morgan fingerprint density at radius 2 is 1.69 bits per heavy atom. The van der Waals surface area contributed by atoms with Crippen molar-refractivity contribution in [3.8, 4) is 16.8 Å². The Hall–Kier alpha value is -2.54. The lowest BCUT2D eigenvalue weighted by Crippen LogP contribution is -2.37. The highest BCUT2D eigenvalue weighted by atomic mass is 32.2. The van der Waals surface area contributed by atoms with E-state index in [1.165, 1.54) is 16.8 Å². The summed E-state index contributed by atoms with van der Waals surface area (Å²) in [6.45, 7) is 1.60. The van der Waals surface area contributed by atoms with Crippen molar-refractivity contribution in [3.63, 3.8) is 0 Å². The number of hydrogen-bond donors (Lipinski definition) is 0. The molecule has 2 aromatic carbocycles. The SMILES string of the molecule is O=S1CCN(c2ccc(-c3cnn(-c4ccc(F)cc4F)c3)cc2)CC1. The van der Waals surface area contributed by atoms with Crippen LogP contribution in [0.1, 0.15) is 0 Å². The molecule has 26 heavy (non-hydrogen) atoms. The van der Waals surface area contributed by atoms with Crippen molar-refractivity contribution in [3.05, 3.63) is 66.5 Å². The molecule has 4 rings (SSSR count). The summed E-state index contributed by atoms with van der Waals surface area (Å²) in [7, 11) is -0.695. The van der Waals surface area contributed by atoms with Gasteiger partial charge in [-0.2, -0.15) is 5.10 Å². The van der Waals surface area contributed by atoms with Gasteiger partial charge in [0.25, 0.3) is 0 Å². The van der Waals surface area contributed by atoms with Gasteiger partial charge in [0, 0.05) is 58.9 Å². The van der Waals surface area contributed by atoms with E-state index in [1.54, 1.807) is 12.4 Å². The molecule has 1 aliphatic heterocycles. The van der Waals surface area contributed by atoms with Gasteiger partial charge >= 0.3 is 0 Å². The first-order chi connectivity index (χ1) is 12.6. The minimum absolute atomic E-state index is 0.204. The molecule has 0 saturated carbocycles. The number of halogens is 2. The lowest BCUT2D eigenvalue weighted by Gasteiger charge is -2.28. The highest BCUT2D eigenvalue weighted by Crippen LogP contribution is 2.25. The Morgan fingerprint density at radius 1 is 0.962 bits per heavy atom. The molecule has 0 aliphatic carbocycles. The van der Waals surface area contributed by atoms with Gasteiger partial charge in [-0.05, 0) is 29.8 Å². The Bertz CT molecular complexity index is 946. The van der Waals surface area contributed by atoms with Crippen LogP contribution in [0.4, 0.5) is 14.5 Å². The molecule has 2 heterocycles. The smallest absolute Gasteiger partial charge is 0.151 e. The third kappa shape index (κ3) is 3.39. The van der Waals surface area contributed by atoms with Crippen molar-refractivity contribution in [2.75, 3.05) is 29.5 Å². The largest absolute Gasteiger partial charge is 0.370 e. The number of rotatable bonds is 3. The summed E-state index contributed by atoms with van der Waals surface area (Å²) in [5.74, 6) is 0.142. The van der Waals surface area contributed by atoms with Crippen LogP contribution in [-0.2, 0) is 10.8 Å². The Labute approximate surface area is 152 Å². The van der Waals surface area contributed by atoms with E-state index in [-0.39, 0.29) is 5.69 Å². The first kappa shape index (κ1) is 16.9. The van der Waals surface area contributed by atoms with E-state index in [0.29, 0.717) is 11.5 Å². The summed E-state index contributed by atoms with van der Waals surface area (Å²) in [6, 6.07) is 11.5. The van der Waals surface area contributed by atoms with Gasteiger partial charge in [0.05, 0.1) is 6.20 Å². The lowest BCUT2D eigenvalue weighted by molar-refractivity contribution is 0.573. The van der Waals surface area contributed by atoms with Gasteiger partial charge in [0.1, 0.15) is 11.5 Å². The highest BCUT2D eigenvalue weighted by molar-refractivity contribution is 7.85. The molecular weight excluding hydrogens is 356 g/mol. The van der Waals surface area contributed by atoms with Crippen LogP contribution in [-0.4, -0.2) is 38.6 Å². The minimum Gasteiger partial charge on any atom is -0.370 e. The number of hydrogen-bond acceptors (Lipinski definition) is 3. The third-order valence-corrected chi connectivity index (χ3v) is 5.76.